The van der Waals surface area contributed by atoms with Crippen LogP contribution in [0, 0.1) is 0 Å². The third-order valence-electron chi connectivity index (χ3n) is 2.14. The number of aliphatic hydroxyl groups is 1. The van der Waals surface area contributed by atoms with Crippen LogP contribution in [0.3, 0.4) is 0 Å². The number of aliphatic carboxylic acids is 1. The zero-order valence-corrected chi connectivity index (χ0v) is 10.6. The van der Waals surface area contributed by atoms with Crippen molar-refractivity contribution in [2.45, 2.75) is 25.5 Å². The van der Waals surface area contributed by atoms with Crippen LogP contribution in [0.1, 0.15) is 13.8 Å². The molecule has 7 heteroatoms. The topological polar surface area (TPSA) is 99.1 Å². The molecule has 0 bridgehead atoms. The normalized spacial score (nSPS) is 13.0. The van der Waals surface area contributed by atoms with E-state index in [0.717, 1.165) is 0 Å². The Morgan fingerprint density at radius 1 is 1.47 bits per heavy atom. The smallest absolute Gasteiger partial charge is 0.328 e. The van der Waals surface area contributed by atoms with Crippen molar-refractivity contribution in [3.63, 3.8) is 0 Å². The molecule has 17 heavy (non-hydrogen) atoms. The summed E-state index contributed by atoms with van der Waals surface area (Å²) in [4.78, 5) is 23.6. The van der Waals surface area contributed by atoms with E-state index >= 15 is 0 Å². The maximum absolute atomic E-state index is 11.6. The number of nitrogens with one attached hydrogen (secondary N) is 1. The molecule has 0 rings (SSSR count). The van der Waals surface area contributed by atoms with E-state index in [0.29, 0.717) is 0 Å². The molecule has 0 aromatic heterocycles. The Bertz CT molecular complexity index is 280. The highest BCUT2D eigenvalue weighted by atomic mass is 16.5. The predicted molar refractivity (Wildman–Crippen MR) is 60.8 cm³/mol. The molecular weight excluding hydrogens is 228 g/mol. The molecular formula is C10H20N2O5. The SMILES string of the molecule is COCC(O)CN(C)C(=O)NC(C)(C)C(=O)O. The summed E-state index contributed by atoms with van der Waals surface area (Å²) in [5, 5.41) is 20.6. The van der Waals surface area contributed by atoms with Crippen molar-refractivity contribution in [1.82, 2.24) is 10.2 Å². The van der Waals surface area contributed by atoms with Crippen molar-refractivity contribution < 1.29 is 24.5 Å². The first kappa shape index (κ1) is 15.7. The van der Waals surface area contributed by atoms with Gasteiger partial charge in [0, 0.05) is 14.2 Å². The Hall–Kier alpha value is -1.34. The van der Waals surface area contributed by atoms with E-state index in [1.54, 1.807) is 0 Å². The van der Waals surface area contributed by atoms with Crippen molar-refractivity contribution in [3.8, 4) is 0 Å². The summed E-state index contributed by atoms with van der Waals surface area (Å²) in [6.07, 6.45) is -0.802. The van der Waals surface area contributed by atoms with Crippen LogP contribution >= 0.6 is 0 Å². The lowest BCUT2D eigenvalue weighted by Crippen LogP contribution is -2.54. The highest BCUT2D eigenvalue weighted by Crippen LogP contribution is 2.03. The van der Waals surface area contributed by atoms with Gasteiger partial charge in [-0.1, -0.05) is 0 Å². The van der Waals surface area contributed by atoms with Crippen LogP contribution in [-0.4, -0.2) is 66.1 Å². The predicted octanol–water partition coefficient (Wildman–Crippen LogP) is -0.502. The maximum atomic E-state index is 11.6. The summed E-state index contributed by atoms with van der Waals surface area (Å²) in [5.74, 6) is -1.13. The number of ether oxygens (including phenoxy) is 1. The highest BCUT2D eigenvalue weighted by Gasteiger charge is 2.30. The number of methoxy groups -OCH3 is 1. The molecule has 0 fully saturated rings. The van der Waals surface area contributed by atoms with Gasteiger partial charge < -0.3 is 25.2 Å². The van der Waals surface area contributed by atoms with Gasteiger partial charge in [-0.05, 0) is 13.8 Å². The zero-order valence-electron chi connectivity index (χ0n) is 10.6. The zero-order chi connectivity index (χ0) is 13.6. The number of aliphatic hydroxyl groups excluding tert-OH is 1. The van der Waals surface area contributed by atoms with Crippen LogP contribution in [0.2, 0.25) is 0 Å². The lowest BCUT2D eigenvalue weighted by Gasteiger charge is -2.26. The van der Waals surface area contributed by atoms with Gasteiger partial charge in [0.25, 0.3) is 0 Å². The van der Waals surface area contributed by atoms with Crippen LogP contribution in [0.15, 0.2) is 0 Å². The van der Waals surface area contributed by atoms with Gasteiger partial charge in [0.2, 0.25) is 0 Å². The lowest BCUT2D eigenvalue weighted by atomic mass is 10.1. The molecule has 0 aromatic rings. The fourth-order valence-electron chi connectivity index (χ4n) is 1.06. The molecule has 3 N–H and O–H groups in total. The van der Waals surface area contributed by atoms with Crippen molar-refractivity contribution in [2.24, 2.45) is 0 Å². The number of likely N-dealkylation sites (N-methyl/N-ethyl adjacent to an activating group) is 1. The van der Waals surface area contributed by atoms with Gasteiger partial charge in [0.15, 0.2) is 0 Å². The van der Waals surface area contributed by atoms with Gasteiger partial charge in [0.05, 0.1) is 19.3 Å². The molecule has 0 heterocycles. The Balaban J connectivity index is 4.28. The summed E-state index contributed by atoms with van der Waals surface area (Å²) in [7, 11) is 2.91. The van der Waals surface area contributed by atoms with Gasteiger partial charge in [-0.2, -0.15) is 0 Å². The van der Waals surface area contributed by atoms with Crippen molar-refractivity contribution in [2.75, 3.05) is 27.3 Å². The van der Waals surface area contributed by atoms with Crippen LogP contribution < -0.4 is 5.32 Å². The maximum Gasteiger partial charge on any atom is 0.328 e. The van der Waals surface area contributed by atoms with Crippen LogP contribution in [0.4, 0.5) is 4.79 Å². The third kappa shape index (κ3) is 5.50. The van der Waals surface area contributed by atoms with Crippen LogP contribution in [0.25, 0.3) is 0 Å². The molecule has 0 saturated carbocycles. The number of carboxylic acids is 1. The Morgan fingerprint density at radius 3 is 2.41 bits per heavy atom. The number of carboxylic acid groups (broad SMARTS) is 1. The van der Waals surface area contributed by atoms with E-state index in [9.17, 15) is 14.7 Å². The quantitative estimate of drug-likeness (QED) is 0.588. The van der Waals surface area contributed by atoms with E-state index in [4.69, 9.17) is 9.84 Å². The monoisotopic (exact) mass is 248 g/mol. The number of nitrogens with zero attached hydrogens (tertiary/aromatic N) is 1. The molecule has 0 aliphatic rings. The molecule has 0 spiro atoms. The van der Waals surface area contributed by atoms with Crippen molar-refractivity contribution in [3.05, 3.63) is 0 Å². The van der Waals surface area contributed by atoms with E-state index in [1.165, 1.54) is 32.9 Å². The highest BCUT2D eigenvalue weighted by molar-refractivity contribution is 5.85. The standard InChI is InChI=1S/C10H20N2O5/c1-10(2,8(14)15)11-9(16)12(3)5-7(13)6-17-4/h7,13H,5-6H2,1-4H3,(H,11,16)(H,14,15). The molecule has 0 aromatic carbocycles. The van der Waals surface area contributed by atoms with Gasteiger partial charge in [-0.15, -0.1) is 0 Å². The number of urea groups is 1. The second-order valence-electron chi connectivity index (χ2n) is 4.35. The van der Waals surface area contributed by atoms with Gasteiger partial charge in [-0.3, -0.25) is 0 Å². The molecule has 2 amide bonds. The molecule has 0 radical (unpaired) electrons. The van der Waals surface area contributed by atoms with Crippen molar-refractivity contribution >= 4 is 12.0 Å². The van der Waals surface area contributed by atoms with E-state index in [-0.39, 0.29) is 13.2 Å². The number of amides is 2. The van der Waals surface area contributed by atoms with E-state index < -0.39 is 23.6 Å². The van der Waals surface area contributed by atoms with Crippen LogP contribution in [-0.2, 0) is 9.53 Å². The minimum atomic E-state index is -1.35. The number of rotatable bonds is 6. The first-order valence-electron chi connectivity index (χ1n) is 5.14. The molecule has 7 nitrogen and oxygen atoms in total. The minimum absolute atomic E-state index is 0.0649. The molecule has 0 aliphatic carbocycles. The first-order chi connectivity index (χ1) is 7.70. The summed E-state index contributed by atoms with van der Waals surface area (Å²) >= 11 is 0. The lowest BCUT2D eigenvalue weighted by molar-refractivity contribution is -0.143. The molecule has 0 aliphatic heterocycles. The second kappa shape index (κ2) is 6.41. The Labute approximate surface area is 100 Å². The molecule has 1 unspecified atom stereocenters. The third-order valence-corrected chi connectivity index (χ3v) is 2.14. The summed E-state index contributed by atoms with van der Waals surface area (Å²) in [5.41, 5.74) is -1.35. The number of carbonyl (C=O) groups excluding carboxylic acids is 1. The molecule has 0 saturated heterocycles. The van der Waals surface area contributed by atoms with E-state index in [1.807, 2.05) is 0 Å². The van der Waals surface area contributed by atoms with Gasteiger partial charge in [-0.25, -0.2) is 9.59 Å². The number of hydrogen-bond acceptors (Lipinski definition) is 4. The van der Waals surface area contributed by atoms with Gasteiger partial charge in [0.1, 0.15) is 5.54 Å². The average molecular weight is 248 g/mol. The van der Waals surface area contributed by atoms with E-state index in [2.05, 4.69) is 5.32 Å². The largest absolute Gasteiger partial charge is 0.480 e. The first-order valence-corrected chi connectivity index (χ1v) is 5.14. The van der Waals surface area contributed by atoms with Gasteiger partial charge >= 0.3 is 12.0 Å². The second-order valence-corrected chi connectivity index (χ2v) is 4.35. The number of hydrogen-bond donors (Lipinski definition) is 3. The fraction of sp³-hybridized carbons (Fsp3) is 0.800. The van der Waals surface area contributed by atoms with Crippen molar-refractivity contribution in [1.29, 1.82) is 0 Å². The fourth-order valence-corrected chi connectivity index (χ4v) is 1.06. The Kier molecular flexibility index (Phi) is 5.90. The van der Waals surface area contributed by atoms with Crippen LogP contribution in [0.5, 0.6) is 0 Å². The molecule has 100 valence electrons. The molecule has 1 atom stereocenters. The minimum Gasteiger partial charge on any atom is -0.480 e. The number of carbonyl (C=O) groups is 2. The summed E-state index contributed by atoms with van der Waals surface area (Å²) < 4.78 is 4.72. The average Bonchev–Trinajstić information content (AvgIpc) is 2.16. The summed E-state index contributed by atoms with van der Waals surface area (Å²) in [6, 6.07) is -0.562. The summed E-state index contributed by atoms with van der Waals surface area (Å²) in [6.45, 7) is 2.94. The Morgan fingerprint density at radius 2 is 2.00 bits per heavy atom.